The summed E-state index contributed by atoms with van der Waals surface area (Å²) in [7, 11) is 0. The minimum Gasteiger partial charge on any atom is -0.423 e. The van der Waals surface area contributed by atoms with Gasteiger partial charge in [-0.2, -0.15) is 5.10 Å². The number of carbonyl (C=O) groups excluding carboxylic acids is 2. The predicted molar refractivity (Wildman–Crippen MR) is 102 cm³/mol. The van der Waals surface area contributed by atoms with Crippen molar-refractivity contribution in [3.63, 3.8) is 0 Å². The molecule has 0 aliphatic carbocycles. The van der Waals surface area contributed by atoms with Gasteiger partial charge in [0.1, 0.15) is 5.75 Å². The number of carbonyl (C=O) groups is 2. The number of nitrogens with one attached hydrogen (secondary N) is 1. The van der Waals surface area contributed by atoms with Crippen molar-refractivity contribution in [3.8, 4) is 5.75 Å². The number of ether oxygens (including phenoxy) is 1. The molecule has 0 radical (unpaired) electrons. The molecule has 1 heterocycles. The predicted octanol–water partition coefficient (Wildman–Crippen LogP) is 3.37. The van der Waals surface area contributed by atoms with Gasteiger partial charge in [-0.1, -0.05) is 18.2 Å². The summed E-state index contributed by atoms with van der Waals surface area (Å²) < 4.78 is 5.38. The third-order valence-corrected chi connectivity index (χ3v) is 3.78. The van der Waals surface area contributed by atoms with Crippen molar-refractivity contribution in [3.05, 3.63) is 95.3 Å². The minimum atomic E-state index is -0.404. The molecule has 0 fully saturated rings. The van der Waals surface area contributed by atoms with Crippen LogP contribution >= 0.6 is 0 Å². The molecule has 0 atom stereocenters. The molecule has 0 saturated heterocycles. The van der Waals surface area contributed by atoms with Crippen LogP contribution in [0.3, 0.4) is 0 Å². The van der Waals surface area contributed by atoms with Crippen LogP contribution < -0.4 is 10.2 Å². The molecule has 0 saturated carbocycles. The van der Waals surface area contributed by atoms with E-state index in [0.29, 0.717) is 16.9 Å². The molecule has 1 amide bonds. The maximum atomic E-state index is 12.2. The number of nitrogens with zero attached hydrogens (tertiary/aromatic N) is 2. The van der Waals surface area contributed by atoms with Crippen LogP contribution in [0.4, 0.5) is 0 Å². The van der Waals surface area contributed by atoms with Crippen molar-refractivity contribution in [2.24, 2.45) is 5.10 Å². The van der Waals surface area contributed by atoms with E-state index in [-0.39, 0.29) is 5.91 Å². The molecule has 0 spiro atoms. The molecule has 0 bridgehead atoms. The molecule has 0 unspecified atom stereocenters. The number of pyridine rings is 1. The number of aryl methyl sites for hydroxylation is 1. The second-order valence-electron chi connectivity index (χ2n) is 5.71. The van der Waals surface area contributed by atoms with Crippen LogP contribution in [-0.2, 0) is 0 Å². The highest BCUT2D eigenvalue weighted by molar-refractivity contribution is 5.95. The zero-order valence-corrected chi connectivity index (χ0v) is 14.6. The summed E-state index contributed by atoms with van der Waals surface area (Å²) in [6.07, 6.45) is 4.58. The van der Waals surface area contributed by atoms with Crippen molar-refractivity contribution >= 4 is 18.1 Å². The Kier molecular flexibility index (Phi) is 5.69. The lowest BCUT2D eigenvalue weighted by Gasteiger charge is -2.06. The maximum Gasteiger partial charge on any atom is 0.343 e. The summed E-state index contributed by atoms with van der Waals surface area (Å²) in [5.41, 5.74) is 5.05. The van der Waals surface area contributed by atoms with Gasteiger partial charge in [-0.15, -0.1) is 0 Å². The first-order valence-corrected chi connectivity index (χ1v) is 8.25. The SMILES string of the molecule is Cc1ccccc1C(=O)Oc1ccc(/C=N\NC(=O)c2ccncc2)cc1. The van der Waals surface area contributed by atoms with Crippen LogP contribution in [0, 0.1) is 6.92 Å². The first-order valence-electron chi connectivity index (χ1n) is 8.25. The topological polar surface area (TPSA) is 80.6 Å². The second-order valence-corrected chi connectivity index (χ2v) is 5.71. The van der Waals surface area contributed by atoms with E-state index in [0.717, 1.165) is 11.1 Å². The summed E-state index contributed by atoms with van der Waals surface area (Å²) in [6.45, 7) is 1.86. The Balaban J connectivity index is 1.58. The average molecular weight is 359 g/mol. The lowest BCUT2D eigenvalue weighted by Crippen LogP contribution is -2.17. The van der Waals surface area contributed by atoms with E-state index in [1.807, 2.05) is 19.1 Å². The number of hydrogen-bond donors (Lipinski definition) is 1. The van der Waals surface area contributed by atoms with Gasteiger partial charge in [-0.05, 0) is 60.5 Å². The molecule has 3 aromatic rings. The smallest absolute Gasteiger partial charge is 0.343 e. The lowest BCUT2D eigenvalue weighted by molar-refractivity contribution is 0.0733. The standard InChI is InChI=1S/C21H17N3O3/c1-15-4-2-3-5-19(15)21(26)27-18-8-6-16(7-9-18)14-23-24-20(25)17-10-12-22-13-11-17/h2-14H,1H3,(H,24,25)/b23-14-. The summed E-state index contributed by atoms with van der Waals surface area (Å²) in [6, 6.07) is 17.3. The van der Waals surface area contributed by atoms with Gasteiger partial charge in [-0.25, -0.2) is 10.2 Å². The molecule has 27 heavy (non-hydrogen) atoms. The quantitative estimate of drug-likeness (QED) is 0.328. The van der Waals surface area contributed by atoms with E-state index in [1.54, 1.807) is 48.5 Å². The Labute approximate surface area is 156 Å². The fraction of sp³-hybridized carbons (Fsp3) is 0.0476. The highest BCUT2D eigenvalue weighted by Crippen LogP contribution is 2.15. The molecule has 3 rings (SSSR count). The molecule has 6 heteroatoms. The van der Waals surface area contributed by atoms with E-state index in [1.165, 1.54) is 18.6 Å². The van der Waals surface area contributed by atoms with Crippen molar-refractivity contribution in [2.75, 3.05) is 0 Å². The van der Waals surface area contributed by atoms with Crippen molar-refractivity contribution < 1.29 is 14.3 Å². The number of benzene rings is 2. The maximum absolute atomic E-state index is 12.2. The molecule has 1 N–H and O–H groups in total. The Morgan fingerprint density at radius 2 is 1.70 bits per heavy atom. The van der Waals surface area contributed by atoms with Gasteiger partial charge in [0.05, 0.1) is 11.8 Å². The number of rotatable bonds is 5. The van der Waals surface area contributed by atoms with Gasteiger partial charge >= 0.3 is 5.97 Å². The Bertz CT molecular complexity index is 967. The first kappa shape index (κ1) is 18.0. The van der Waals surface area contributed by atoms with E-state index < -0.39 is 5.97 Å². The van der Waals surface area contributed by atoms with Gasteiger partial charge < -0.3 is 4.74 Å². The highest BCUT2D eigenvalue weighted by atomic mass is 16.5. The number of hydrazone groups is 1. The number of esters is 1. The molecule has 0 aliphatic rings. The fourth-order valence-corrected chi connectivity index (χ4v) is 2.32. The van der Waals surface area contributed by atoms with Gasteiger partial charge in [0.15, 0.2) is 0 Å². The first-order chi connectivity index (χ1) is 13.1. The molecule has 134 valence electrons. The van der Waals surface area contributed by atoms with Crippen molar-refractivity contribution in [2.45, 2.75) is 6.92 Å². The number of aromatic nitrogens is 1. The third kappa shape index (κ3) is 4.85. The molecule has 1 aromatic heterocycles. The Morgan fingerprint density at radius 1 is 1.00 bits per heavy atom. The normalized spacial score (nSPS) is 10.6. The molecular formula is C21H17N3O3. The van der Waals surface area contributed by atoms with E-state index in [4.69, 9.17) is 4.74 Å². The monoisotopic (exact) mass is 359 g/mol. The van der Waals surface area contributed by atoms with E-state index in [2.05, 4.69) is 15.5 Å². The number of hydrogen-bond acceptors (Lipinski definition) is 5. The highest BCUT2D eigenvalue weighted by Gasteiger charge is 2.10. The number of amides is 1. The summed E-state index contributed by atoms with van der Waals surface area (Å²) in [5.74, 6) is -0.294. The van der Waals surface area contributed by atoms with Crippen LogP contribution in [-0.4, -0.2) is 23.1 Å². The van der Waals surface area contributed by atoms with Gasteiger partial charge in [-0.3, -0.25) is 9.78 Å². The van der Waals surface area contributed by atoms with Crippen LogP contribution in [0.25, 0.3) is 0 Å². The second kappa shape index (κ2) is 8.53. The van der Waals surface area contributed by atoms with Crippen molar-refractivity contribution in [1.82, 2.24) is 10.4 Å². The summed E-state index contributed by atoms with van der Waals surface area (Å²) in [4.78, 5) is 27.9. The van der Waals surface area contributed by atoms with Crippen LogP contribution in [0.1, 0.15) is 31.8 Å². The van der Waals surface area contributed by atoms with Gasteiger partial charge in [0, 0.05) is 18.0 Å². The van der Waals surface area contributed by atoms with Gasteiger partial charge in [0.25, 0.3) is 5.91 Å². The largest absolute Gasteiger partial charge is 0.423 e. The zero-order valence-electron chi connectivity index (χ0n) is 14.6. The molecule has 2 aromatic carbocycles. The Morgan fingerprint density at radius 3 is 2.41 bits per heavy atom. The van der Waals surface area contributed by atoms with E-state index >= 15 is 0 Å². The summed E-state index contributed by atoms with van der Waals surface area (Å²) in [5, 5.41) is 3.92. The minimum absolute atomic E-state index is 0.322. The average Bonchev–Trinajstić information content (AvgIpc) is 2.70. The van der Waals surface area contributed by atoms with Gasteiger partial charge in [0.2, 0.25) is 0 Å². The lowest BCUT2D eigenvalue weighted by atomic mass is 10.1. The van der Waals surface area contributed by atoms with Crippen LogP contribution in [0.15, 0.2) is 78.2 Å². The summed E-state index contributed by atoms with van der Waals surface area (Å²) >= 11 is 0. The fourth-order valence-electron chi connectivity index (χ4n) is 2.32. The zero-order chi connectivity index (χ0) is 19.1. The molecule has 6 nitrogen and oxygen atoms in total. The van der Waals surface area contributed by atoms with Crippen molar-refractivity contribution in [1.29, 1.82) is 0 Å². The van der Waals surface area contributed by atoms with Crippen LogP contribution in [0.5, 0.6) is 5.75 Å². The molecular weight excluding hydrogens is 342 g/mol. The third-order valence-electron chi connectivity index (χ3n) is 3.78. The Hall–Kier alpha value is -3.80. The van der Waals surface area contributed by atoms with E-state index in [9.17, 15) is 9.59 Å². The molecule has 0 aliphatic heterocycles. The van der Waals surface area contributed by atoms with Crippen LogP contribution in [0.2, 0.25) is 0 Å².